The van der Waals surface area contributed by atoms with Gasteiger partial charge in [-0.1, -0.05) is 18.5 Å². The van der Waals surface area contributed by atoms with Crippen molar-refractivity contribution in [1.82, 2.24) is 18.8 Å². The topological polar surface area (TPSA) is 160 Å². The number of imidazole rings is 1. The number of carbonyl (C=O) groups excluding carboxylic acids is 1. The van der Waals surface area contributed by atoms with Crippen LogP contribution in [-0.4, -0.2) is 98.2 Å². The summed E-state index contributed by atoms with van der Waals surface area (Å²) in [6.45, 7) is 5.56. The molecule has 1 aliphatic rings. The molecule has 0 spiro atoms. The summed E-state index contributed by atoms with van der Waals surface area (Å²) >= 11 is 5.97. The zero-order valence-corrected chi connectivity index (χ0v) is 30.1. The van der Waals surface area contributed by atoms with Gasteiger partial charge < -0.3 is 24.0 Å². The number of hydrogen-bond donors (Lipinski definition) is 2. The van der Waals surface area contributed by atoms with Crippen LogP contribution in [0.1, 0.15) is 50.4 Å². The molecule has 0 saturated heterocycles. The number of nitrogens with zero attached hydrogens (tertiary/aromatic N) is 4. The monoisotopic (exact) mass is 725 g/mol. The number of benzene rings is 2. The first-order valence-electron chi connectivity index (χ1n) is 15.7. The number of rotatable bonds is 9. The van der Waals surface area contributed by atoms with Gasteiger partial charge in [0, 0.05) is 56.6 Å². The smallest absolute Gasteiger partial charge is 0.280 e. The molecule has 2 N–H and O–H groups in total. The molecule has 264 valence electrons. The molecular weight excluding hydrogens is 682 g/mol. The van der Waals surface area contributed by atoms with Gasteiger partial charge in [0.2, 0.25) is 10.0 Å². The standard InChI is InChI=1S/C32H44ClN5O8S2/c1-22-17-38(23(2)20-39)32(40)28-16-26(35-47(41,42)31-19-36(4)21-34-31)11-14-29(28)46-24(3)8-6-7-15-45-30(22)18-37(5)48(43,44)27-12-9-25(33)10-13-27/h9-14,16,19,21-24,30,35,39H,6-8,15,17-18,20H2,1-5H3/t22-,23-,24-,30-/m0/s1. The number of fused-ring (bicyclic) bond motifs is 1. The molecule has 0 bridgehead atoms. The minimum Gasteiger partial charge on any atom is -0.490 e. The predicted octanol–water partition coefficient (Wildman–Crippen LogP) is 3.99. The molecule has 0 aliphatic carbocycles. The van der Waals surface area contributed by atoms with Crippen LogP contribution < -0.4 is 9.46 Å². The molecule has 1 amide bonds. The number of hydrogen-bond acceptors (Lipinski definition) is 9. The van der Waals surface area contributed by atoms with Gasteiger partial charge in [0.1, 0.15) is 5.75 Å². The quantitative estimate of drug-likeness (QED) is 0.333. The second-order valence-electron chi connectivity index (χ2n) is 12.2. The lowest BCUT2D eigenvalue weighted by molar-refractivity contribution is -0.00833. The fraction of sp³-hybridized carbons (Fsp3) is 0.500. The fourth-order valence-electron chi connectivity index (χ4n) is 5.32. The summed E-state index contributed by atoms with van der Waals surface area (Å²) in [6.07, 6.45) is 3.93. The van der Waals surface area contributed by atoms with Gasteiger partial charge in [0.15, 0.2) is 5.03 Å². The van der Waals surface area contributed by atoms with E-state index in [0.717, 1.165) is 6.42 Å². The van der Waals surface area contributed by atoms with E-state index >= 15 is 0 Å². The molecule has 2 aromatic carbocycles. The van der Waals surface area contributed by atoms with Crippen LogP contribution in [-0.2, 0) is 31.8 Å². The Morgan fingerprint density at radius 1 is 1.12 bits per heavy atom. The van der Waals surface area contributed by atoms with E-state index in [1.807, 2.05) is 13.8 Å². The Morgan fingerprint density at radius 2 is 1.83 bits per heavy atom. The van der Waals surface area contributed by atoms with Crippen molar-refractivity contribution in [3.63, 3.8) is 0 Å². The Hall–Kier alpha value is -3.21. The van der Waals surface area contributed by atoms with Crippen LogP contribution in [0.2, 0.25) is 5.02 Å². The Kier molecular flexibility index (Phi) is 12.5. The lowest BCUT2D eigenvalue weighted by atomic mass is 10.0. The van der Waals surface area contributed by atoms with Gasteiger partial charge in [0.25, 0.3) is 15.9 Å². The summed E-state index contributed by atoms with van der Waals surface area (Å²) in [5.74, 6) is -0.611. The van der Waals surface area contributed by atoms with Crippen LogP contribution in [0.4, 0.5) is 5.69 Å². The van der Waals surface area contributed by atoms with Crippen LogP contribution in [0, 0.1) is 5.92 Å². The van der Waals surface area contributed by atoms with Gasteiger partial charge in [-0.2, -0.15) is 12.7 Å². The number of amides is 1. The highest BCUT2D eigenvalue weighted by atomic mass is 35.5. The van der Waals surface area contributed by atoms with E-state index in [2.05, 4.69) is 9.71 Å². The van der Waals surface area contributed by atoms with Gasteiger partial charge in [-0.15, -0.1) is 0 Å². The third-order valence-electron chi connectivity index (χ3n) is 8.22. The molecular formula is C32H44ClN5O8S2. The van der Waals surface area contributed by atoms with Crippen molar-refractivity contribution in [2.75, 3.05) is 38.1 Å². The number of carbonyl (C=O) groups is 1. The van der Waals surface area contributed by atoms with E-state index in [1.54, 1.807) is 20.0 Å². The molecule has 0 radical (unpaired) electrons. The van der Waals surface area contributed by atoms with Crippen molar-refractivity contribution in [2.45, 2.75) is 68.2 Å². The number of aromatic nitrogens is 2. The van der Waals surface area contributed by atoms with Gasteiger partial charge in [0.05, 0.1) is 41.6 Å². The molecule has 0 saturated carbocycles. The second kappa shape index (κ2) is 16.0. The molecule has 0 fully saturated rings. The van der Waals surface area contributed by atoms with Crippen molar-refractivity contribution >= 4 is 43.2 Å². The van der Waals surface area contributed by atoms with Gasteiger partial charge in [-0.05, 0) is 75.6 Å². The number of halogens is 1. The number of aliphatic hydroxyl groups is 1. The number of anilines is 1. The van der Waals surface area contributed by atoms with Crippen LogP contribution in [0.15, 0.2) is 64.9 Å². The number of aliphatic hydroxyl groups excluding tert-OH is 1. The number of nitrogens with one attached hydrogen (secondary N) is 1. The van der Waals surface area contributed by atoms with Crippen LogP contribution >= 0.6 is 11.6 Å². The number of sulfonamides is 2. The molecule has 4 atom stereocenters. The first-order valence-corrected chi connectivity index (χ1v) is 19.0. The van der Waals surface area contributed by atoms with Crippen molar-refractivity contribution in [3.05, 3.63) is 65.6 Å². The fourth-order valence-corrected chi connectivity index (χ4v) is 7.66. The first-order chi connectivity index (χ1) is 22.6. The molecule has 1 aliphatic heterocycles. The van der Waals surface area contributed by atoms with Gasteiger partial charge >= 0.3 is 0 Å². The van der Waals surface area contributed by atoms with Crippen molar-refractivity contribution < 1.29 is 36.2 Å². The Bertz CT molecular complexity index is 1770. The molecule has 16 heteroatoms. The minimum atomic E-state index is -4.06. The highest BCUT2D eigenvalue weighted by Crippen LogP contribution is 2.30. The van der Waals surface area contributed by atoms with Crippen LogP contribution in [0.25, 0.3) is 0 Å². The molecule has 0 unspecified atom stereocenters. The minimum absolute atomic E-state index is 0.0111. The zero-order chi connectivity index (χ0) is 35.2. The summed E-state index contributed by atoms with van der Waals surface area (Å²) in [5.41, 5.74) is 0.234. The van der Waals surface area contributed by atoms with E-state index < -0.39 is 38.1 Å². The predicted molar refractivity (Wildman–Crippen MR) is 182 cm³/mol. The van der Waals surface area contributed by atoms with Crippen molar-refractivity contribution in [2.24, 2.45) is 13.0 Å². The maximum Gasteiger partial charge on any atom is 0.280 e. The number of likely N-dealkylation sites (N-methyl/N-ethyl adjacent to an activating group) is 1. The Labute approximate surface area is 287 Å². The number of ether oxygens (including phenoxy) is 2. The molecule has 13 nitrogen and oxygen atoms in total. The first kappa shape index (κ1) is 37.6. The maximum atomic E-state index is 14.3. The molecule has 2 heterocycles. The SMILES string of the molecule is C[C@H]1CCCCO[C@@H](CN(C)S(=O)(=O)c2ccc(Cl)cc2)[C@@H](C)CN([C@@H](C)CO)C(=O)c2cc(NS(=O)(=O)c3cn(C)cn3)ccc2O1. The van der Waals surface area contributed by atoms with Gasteiger partial charge in [-0.25, -0.2) is 13.4 Å². The van der Waals surface area contributed by atoms with Crippen molar-refractivity contribution in [3.8, 4) is 5.75 Å². The lowest BCUT2D eigenvalue weighted by Crippen LogP contribution is -2.48. The van der Waals surface area contributed by atoms with Crippen LogP contribution in [0.3, 0.4) is 0 Å². The summed E-state index contributed by atoms with van der Waals surface area (Å²) in [6, 6.07) is 9.76. The summed E-state index contributed by atoms with van der Waals surface area (Å²) < 4.78 is 70.6. The summed E-state index contributed by atoms with van der Waals surface area (Å²) in [5, 5.41) is 10.4. The average Bonchev–Trinajstić information content (AvgIpc) is 3.49. The molecule has 1 aromatic heterocycles. The molecule has 48 heavy (non-hydrogen) atoms. The summed E-state index contributed by atoms with van der Waals surface area (Å²) in [4.78, 5) is 19.8. The van der Waals surface area contributed by atoms with Crippen LogP contribution in [0.5, 0.6) is 5.75 Å². The van der Waals surface area contributed by atoms with Gasteiger partial charge in [-0.3, -0.25) is 9.52 Å². The summed E-state index contributed by atoms with van der Waals surface area (Å²) in [7, 11) is -4.80. The number of aryl methyl sites for hydroxylation is 1. The van der Waals surface area contributed by atoms with Crippen molar-refractivity contribution in [1.29, 1.82) is 0 Å². The third kappa shape index (κ3) is 9.27. The highest BCUT2D eigenvalue weighted by Gasteiger charge is 2.32. The molecule has 3 aromatic rings. The average molecular weight is 726 g/mol. The lowest BCUT2D eigenvalue weighted by Gasteiger charge is -2.35. The normalized spacial score (nSPS) is 20.9. The highest BCUT2D eigenvalue weighted by molar-refractivity contribution is 7.92. The Morgan fingerprint density at radius 3 is 2.48 bits per heavy atom. The molecule has 4 rings (SSSR count). The van der Waals surface area contributed by atoms with E-state index in [4.69, 9.17) is 21.1 Å². The van der Waals surface area contributed by atoms with E-state index in [1.165, 1.54) is 69.7 Å². The van der Waals surface area contributed by atoms with E-state index in [0.29, 0.717) is 24.5 Å². The van der Waals surface area contributed by atoms with E-state index in [9.17, 15) is 26.7 Å². The maximum absolute atomic E-state index is 14.3. The third-order valence-corrected chi connectivity index (χ3v) is 11.6. The zero-order valence-electron chi connectivity index (χ0n) is 27.7. The van der Waals surface area contributed by atoms with E-state index in [-0.39, 0.29) is 58.6 Å². The largest absolute Gasteiger partial charge is 0.490 e. The second-order valence-corrected chi connectivity index (χ2v) is 16.3. The Balaban J connectivity index is 1.67.